The molecule has 30 heavy (non-hydrogen) atoms. The lowest BCUT2D eigenvalue weighted by atomic mass is 10.1. The fourth-order valence-electron chi connectivity index (χ4n) is 2.78. The zero-order valence-corrected chi connectivity index (χ0v) is 16.6. The van der Waals surface area contributed by atoms with Crippen molar-refractivity contribution in [2.75, 3.05) is 10.6 Å². The van der Waals surface area contributed by atoms with E-state index >= 15 is 0 Å². The van der Waals surface area contributed by atoms with Gasteiger partial charge in [-0.1, -0.05) is 6.07 Å². The van der Waals surface area contributed by atoms with Crippen LogP contribution in [0.5, 0.6) is 0 Å². The monoisotopic (exact) mass is 400 g/mol. The molecule has 0 bridgehead atoms. The molecule has 0 spiro atoms. The van der Waals surface area contributed by atoms with Gasteiger partial charge in [-0.3, -0.25) is 19.2 Å². The Labute approximate surface area is 173 Å². The Morgan fingerprint density at radius 3 is 1.23 bits per heavy atom. The third-order valence-electron chi connectivity index (χ3n) is 4.49. The highest BCUT2D eigenvalue weighted by molar-refractivity contribution is 6.09. The van der Waals surface area contributed by atoms with Gasteiger partial charge in [-0.15, -0.1) is 0 Å². The molecular weight excluding hydrogens is 380 g/mol. The fourth-order valence-corrected chi connectivity index (χ4v) is 2.78. The zero-order chi connectivity index (χ0) is 21.7. The maximum atomic E-state index is 12.5. The van der Waals surface area contributed by atoms with Crippen molar-refractivity contribution in [2.24, 2.45) is 0 Å². The maximum absolute atomic E-state index is 12.5. The molecule has 0 aliphatic carbocycles. The van der Waals surface area contributed by atoms with Gasteiger partial charge in [-0.25, -0.2) is 0 Å². The van der Waals surface area contributed by atoms with Crippen molar-refractivity contribution >= 4 is 34.8 Å². The first kappa shape index (κ1) is 20.7. The van der Waals surface area contributed by atoms with E-state index in [0.717, 1.165) is 0 Å². The summed E-state index contributed by atoms with van der Waals surface area (Å²) in [6, 6.07) is 19.5. The maximum Gasteiger partial charge on any atom is 0.255 e. The first-order valence-corrected chi connectivity index (χ1v) is 9.28. The average molecular weight is 400 g/mol. The van der Waals surface area contributed by atoms with Gasteiger partial charge in [0, 0.05) is 33.6 Å². The van der Waals surface area contributed by atoms with Crippen LogP contribution in [0.15, 0.2) is 72.8 Å². The largest absolute Gasteiger partial charge is 0.322 e. The molecule has 3 aromatic rings. The van der Waals surface area contributed by atoms with E-state index in [-0.39, 0.29) is 23.4 Å². The van der Waals surface area contributed by atoms with Gasteiger partial charge in [0.25, 0.3) is 11.8 Å². The van der Waals surface area contributed by atoms with Gasteiger partial charge in [-0.05, 0) is 80.6 Å². The highest BCUT2D eigenvalue weighted by Gasteiger charge is 2.12. The van der Waals surface area contributed by atoms with Crippen LogP contribution in [0, 0.1) is 0 Å². The second kappa shape index (κ2) is 8.96. The Kier molecular flexibility index (Phi) is 6.17. The number of hydrogen-bond acceptors (Lipinski definition) is 4. The first-order valence-electron chi connectivity index (χ1n) is 9.28. The number of nitrogens with one attached hydrogen (secondary N) is 2. The molecule has 0 fully saturated rings. The third kappa shape index (κ3) is 5.05. The smallest absolute Gasteiger partial charge is 0.255 e. The molecule has 2 N–H and O–H groups in total. The first-order chi connectivity index (χ1) is 14.3. The van der Waals surface area contributed by atoms with Crippen LogP contribution in [0.1, 0.15) is 55.3 Å². The van der Waals surface area contributed by atoms with E-state index in [0.29, 0.717) is 33.6 Å². The van der Waals surface area contributed by atoms with Gasteiger partial charge < -0.3 is 10.6 Å². The van der Waals surface area contributed by atoms with Crippen molar-refractivity contribution in [3.8, 4) is 0 Å². The van der Waals surface area contributed by atoms with Gasteiger partial charge in [-0.2, -0.15) is 0 Å². The standard InChI is InChI=1S/C24H20N2O4/c1-15(27)17-6-10-21(11-7-17)25-23(29)19-4-3-5-20(14-19)24(30)26-22-12-8-18(9-13-22)16(2)28/h3-14H,1-2H3,(H,25,29)(H,26,30). The van der Waals surface area contributed by atoms with E-state index in [9.17, 15) is 19.2 Å². The van der Waals surface area contributed by atoms with Gasteiger partial charge in [0.05, 0.1) is 0 Å². The number of amides is 2. The van der Waals surface area contributed by atoms with E-state index in [4.69, 9.17) is 0 Å². The highest BCUT2D eigenvalue weighted by atomic mass is 16.2. The zero-order valence-electron chi connectivity index (χ0n) is 16.6. The van der Waals surface area contributed by atoms with Crippen LogP contribution in [-0.2, 0) is 0 Å². The summed E-state index contributed by atoms with van der Waals surface area (Å²) in [6.45, 7) is 2.95. The van der Waals surface area contributed by atoms with Crippen molar-refractivity contribution in [3.63, 3.8) is 0 Å². The number of benzene rings is 3. The molecule has 0 aliphatic heterocycles. The van der Waals surface area contributed by atoms with Crippen LogP contribution in [0.25, 0.3) is 0 Å². The lowest BCUT2D eigenvalue weighted by Crippen LogP contribution is -2.15. The second-order valence-corrected chi connectivity index (χ2v) is 6.76. The minimum atomic E-state index is -0.369. The number of carbonyl (C=O) groups excluding carboxylic acids is 4. The Balaban J connectivity index is 1.69. The van der Waals surface area contributed by atoms with Crippen LogP contribution < -0.4 is 10.6 Å². The lowest BCUT2D eigenvalue weighted by molar-refractivity contribution is 0.100. The molecule has 0 saturated carbocycles. The normalized spacial score (nSPS) is 10.2. The van der Waals surface area contributed by atoms with Crippen LogP contribution in [0.4, 0.5) is 11.4 Å². The summed E-state index contributed by atoms with van der Waals surface area (Å²) < 4.78 is 0. The molecule has 0 aromatic heterocycles. The summed E-state index contributed by atoms with van der Waals surface area (Å²) in [6.07, 6.45) is 0. The number of Topliss-reactive ketones (excluding diaryl/α,β-unsaturated/α-hetero) is 2. The number of carbonyl (C=O) groups is 4. The SMILES string of the molecule is CC(=O)c1ccc(NC(=O)c2cccc(C(=O)Nc3ccc(C(C)=O)cc3)c2)cc1. The molecule has 0 unspecified atom stereocenters. The molecule has 0 saturated heterocycles. The van der Waals surface area contributed by atoms with Crippen LogP contribution in [-0.4, -0.2) is 23.4 Å². The molecule has 0 radical (unpaired) electrons. The Hall–Kier alpha value is -4.06. The number of hydrogen-bond donors (Lipinski definition) is 2. The van der Waals surface area contributed by atoms with E-state index in [1.807, 2.05) is 0 Å². The molecular formula is C24H20N2O4. The van der Waals surface area contributed by atoms with Gasteiger partial charge in [0.2, 0.25) is 0 Å². The second-order valence-electron chi connectivity index (χ2n) is 6.76. The van der Waals surface area contributed by atoms with Crippen molar-refractivity contribution in [2.45, 2.75) is 13.8 Å². The molecule has 6 nitrogen and oxygen atoms in total. The summed E-state index contributed by atoms with van der Waals surface area (Å²) in [7, 11) is 0. The molecule has 3 aromatic carbocycles. The molecule has 2 amide bonds. The number of ketones is 2. The minimum Gasteiger partial charge on any atom is -0.322 e. The molecule has 0 heterocycles. The Bertz CT molecular complexity index is 1030. The van der Waals surface area contributed by atoms with E-state index in [2.05, 4.69) is 10.6 Å². The number of rotatable bonds is 6. The summed E-state index contributed by atoms with van der Waals surface area (Å²) in [4.78, 5) is 47.7. The Morgan fingerprint density at radius 2 is 0.900 bits per heavy atom. The average Bonchev–Trinajstić information content (AvgIpc) is 2.74. The molecule has 0 atom stereocenters. The van der Waals surface area contributed by atoms with Gasteiger partial charge in [0.15, 0.2) is 11.6 Å². The van der Waals surface area contributed by atoms with Crippen molar-refractivity contribution in [1.82, 2.24) is 0 Å². The predicted octanol–water partition coefficient (Wildman–Crippen LogP) is 4.60. The molecule has 150 valence electrons. The summed E-state index contributed by atoms with van der Waals surface area (Å²) in [5, 5.41) is 5.49. The van der Waals surface area contributed by atoms with E-state index in [1.165, 1.54) is 19.9 Å². The molecule has 0 aliphatic rings. The summed E-state index contributed by atoms with van der Waals surface area (Å²) in [5.41, 5.74) is 2.86. The van der Waals surface area contributed by atoms with Crippen molar-refractivity contribution < 1.29 is 19.2 Å². The topological polar surface area (TPSA) is 92.3 Å². The third-order valence-corrected chi connectivity index (χ3v) is 4.49. The van der Waals surface area contributed by atoms with Crippen LogP contribution in [0.3, 0.4) is 0 Å². The number of anilines is 2. The van der Waals surface area contributed by atoms with Gasteiger partial charge >= 0.3 is 0 Å². The molecule has 3 rings (SSSR count). The highest BCUT2D eigenvalue weighted by Crippen LogP contribution is 2.15. The Morgan fingerprint density at radius 1 is 0.533 bits per heavy atom. The van der Waals surface area contributed by atoms with Crippen molar-refractivity contribution in [1.29, 1.82) is 0 Å². The fraction of sp³-hybridized carbons (Fsp3) is 0.0833. The summed E-state index contributed by atoms with van der Waals surface area (Å²) in [5.74, 6) is -0.845. The molecule has 6 heteroatoms. The van der Waals surface area contributed by atoms with E-state index < -0.39 is 0 Å². The quantitative estimate of drug-likeness (QED) is 0.592. The predicted molar refractivity (Wildman–Crippen MR) is 115 cm³/mol. The summed E-state index contributed by atoms with van der Waals surface area (Å²) >= 11 is 0. The van der Waals surface area contributed by atoms with Crippen LogP contribution in [0.2, 0.25) is 0 Å². The van der Waals surface area contributed by atoms with Gasteiger partial charge in [0.1, 0.15) is 0 Å². The van der Waals surface area contributed by atoms with Crippen LogP contribution >= 0.6 is 0 Å². The van der Waals surface area contributed by atoms with E-state index in [1.54, 1.807) is 66.7 Å². The minimum absolute atomic E-state index is 0.0532. The van der Waals surface area contributed by atoms with Crippen molar-refractivity contribution in [3.05, 3.63) is 95.1 Å². The lowest BCUT2D eigenvalue weighted by Gasteiger charge is -2.09.